The molecule has 4 nitrogen and oxygen atoms in total. The predicted molar refractivity (Wildman–Crippen MR) is 71.2 cm³/mol. The first-order valence-electron chi connectivity index (χ1n) is 6.33. The molecule has 98 valence electrons. The molecule has 0 atom stereocenters. The van der Waals surface area contributed by atoms with Crippen molar-refractivity contribution in [3.05, 3.63) is 29.8 Å². The van der Waals surface area contributed by atoms with E-state index < -0.39 is 0 Å². The first-order valence-corrected chi connectivity index (χ1v) is 6.33. The van der Waals surface area contributed by atoms with Crippen LogP contribution in [0.1, 0.15) is 18.4 Å². The van der Waals surface area contributed by atoms with Gasteiger partial charge in [-0.1, -0.05) is 12.1 Å². The fourth-order valence-corrected chi connectivity index (χ4v) is 2.07. The highest BCUT2D eigenvalue weighted by atomic mass is 16.5. The number of anilines is 1. The molecule has 0 bridgehead atoms. The Kier molecular flexibility index (Phi) is 4.20. The van der Waals surface area contributed by atoms with E-state index >= 15 is 0 Å². The van der Waals surface area contributed by atoms with E-state index in [4.69, 9.17) is 10.5 Å². The van der Waals surface area contributed by atoms with Crippen LogP contribution in [0, 0.1) is 0 Å². The standard InChI is InChI=1S/C14H20N2O2/c1-18-8-7-16(13-5-6-13)14(17)10-11-3-2-4-12(15)9-11/h2-4,9,13H,5-8,10,15H2,1H3. The highest BCUT2D eigenvalue weighted by Gasteiger charge is 2.31. The third-order valence-electron chi connectivity index (χ3n) is 3.15. The van der Waals surface area contributed by atoms with Gasteiger partial charge in [0.25, 0.3) is 0 Å². The molecule has 1 saturated carbocycles. The maximum atomic E-state index is 12.2. The minimum Gasteiger partial charge on any atom is -0.399 e. The summed E-state index contributed by atoms with van der Waals surface area (Å²) in [7, 11) is 1.66. The highest BCUT2D eigenvalue weighted by Crippen LogP contribution is 2.27. The number of carbonyl (C=O) groups excluding carboxylic acids is 1. The van der Waals surface area contributed by atoms with Crippen LogP contribution in [0.4, 0.5) is 5.69 Å². The van der Waals surface area contributed by atoms with Gasteiger partial charge < -0.3 is 15.4 Å². The van der Waals surface area contributed by atoms with E-state index in [-0.39, 0.29) is 5.91 Å². The lowest BCUT2D eigenvalue weighted by Crippen LogP contribution is -2.36. The van der Waals surface area contributed by atoms with Crippen LogP contribution in [-0.2, 0) is 16.0 Å². The SMILES string of the molecule is COCCN(C(=O)Cc1cccc(N)c1)C1CC1. The second-order valence-electron chi connectivity index (χ2n) is 4.73. The van der Waals surface area contributed by atoms with Gasteiger partial charge in [0, 0.05) is 25.4 Å². The Morgan fingerprint density at radius 1 is 1.50 bits per heavy atom. The minimum atomic E-state index is 0.167. The van der Waals surface area contributed by atoms with Crippen molar-refractivity contribution in [2.24, 2.45) is 0 Å². The van der Waals surface area contributed by atoms with Crippen molar-refractivity contribution >= 4 is 11.6 Å². The quantitative estimate of drug-likeness (QED) is 0.775. The third-order valence-corrected chi connectivity index (χ3v) is 3.15. The number of nitrogens with zero attached hydrogens (tertiary/aromatic N) is 1. The van der Waals surface area contributed by atoms with E-state index in [1.807, 2.05) is 29.2 Å². The fraction of sp³-hybridized carbons (Fsp3) is 0.500. The van der Waals surface area contributed by atoms with Crippen molar-refractivity contribution in [3.63, 3.8) is 0 Å². The number of benzene rings is 1. The molecule has 0 aliphatic heterocycles. The Morgan fingerprint density at radius 3 is 2.89 bits per heavy atom. The van der Waals surface area contributed by atoms with Crippen LogP contribution in [0.2, 0.25) is 0 Å². The molecule has 2 N–H and O–H groups in total. The van der Waals surface area contributed by atoms with Gasteiger partial charge in [0.15, 0.2) is 0 Å². The van der Waals surface area contributed by atoms with Gasteiger partial charge in [0.2, 0.25) is 5.91 Å². The molecule has 0 radical (unpaired) electrons. The molecule has 1 aliphatic carbocycles. The highest BCUT2D eigenvalue weighted by molar-refractivity contribution is 5.79. The second-order valence-corrected chi connectivity index (χ2v) is 4.73. The van der Waals surface area contributed by atoms with Crippen molar-refractivity contribution in [2.45, 2.75) is 25.3 Å². The Balaban J connectivity index is 1.96. The Labute approximate surface area is 108 Å². The zero-order valence-electron chi connectivity index (χ0n) is 10.8. The molecule has 1 fully saturated rings. The Hall–Kier alpha value is -1.55. The van der Waals surface area contributed by atoms with Gasteiger partial charge in [-0.05, 0) is 30.5 Å². The van der Waals surface area contributed by atoms with Crippen LogP contribution in [0.5, 0.6) is 0 Å². The van der Waals surface area contributed by atoms with Crippen molar-refractivity contribution in [3.8, 4) is 0 Å². The summed E-state index contributed by atoms with van der Waals surface area (Å²) in [5.74, 6) is 0.167. The summed E-state index contributed by atoms with van der Waals surface area (Å²) in [6.45, 7) is 1.28. The van der Waals surface area contributed by atoms with Crippen LogP contribution >= 0.6 is 0 Å². The summed E-state index contributed by atoms with van der Waals surface area (Å²) in [4.78, 5) is 14.2. The van der Waals surface area contributed by atoms with Crippen LogP contribution in [0.25, 0.3) is 0 Å². The summed E-state index contributed by atoms with van der Waals surface area (Å²) < 4.78 is 5.06. The number of rotatable bonds is 6. The molecule has 0 unspecified atom stereocenters. The monoisotopic (exact) mass is 248 g/mol. The van der Waals surface area contributed by atoms with Crippen molar-refractivity contribution in [2.75, 3.05) is 26.0 Å². The Morgan fingerprint density at radius 2 is 2.28 bits per heavy atom. The third kappa shape index (κ3) is 3.47. The first kappa shape index (κ1) is 12.9. The number of nitrogen functional groups attached to an aromatic ring is 1. The molecule has 1 amide bonds. The largest absolute Gasteiger partial charge is 0.399 e. The second kappa shape index (κ2) is 5.87. The molecule has 0 aromatic heterocycles. The van der Waals surface area contributed by atoms with Gasteiger partial charge in [-0.15, -0.1) is 0 Å². The molecule has 0 heterocycles. The Bertz CT molecular complexity index is 416. The van der Waals surface area contributed by atoms with Gasteiger partial charge in [-0.25, -0.2) is 0 Å². The fourth-order valence-electron chi connectivity index (χ4n) is 2.07. The number of ether oxygens (including phenoxy) is 1. The number of hydrogen-bond donors (Lipinski definition) is 1. The molecular weight excluding hydrogens is 228 g/mol. The van der Waals surface area contributed by atoms with Gasteiger partial charge >= 0.3 is 0 Å². The topological polar surface area (TPSA) is 55.6 Å². The lowest BCUT2D eigenvalue weighted by Gasteiger charge is -2.22. The van der Waals surface area contributed by atoms with Crippen molar-refractivity contribution in [1.29, 1.82) is 0 Å². The average molecular weight is 248 g/mol. The lowest BCUT2D eigenvalue weighted by molar-refractivity contribution is -0.131. The van der Waals surface area contributed by atoms with Gasteiger partial charge in [0.1, 0.15) is 0 Å². The van der Waals surface area contributed by atoms with Gasteiger partial charge in [-0.3, -0.25) is 4.79 Å². The number of hydrogen-bond acceptors (Lipinski definition) is 3. The minimum absolute atomic E-state index is 0.167. The zero-order valence-corrected chi connectivity index (χ0v) is 10.8. The van der Waals surface area contributed by atoms with Crippen LogP contribution in [-0.4, -0.2) is 37.1 Å². The summed E-state index contributed by atoms with van der Waals surface area (Å²) >= 11 is 0. The van der Waals surface area contributed by atoms with E-state index in [2.05, 4.69) is 0 Å². The predicted octanol–water partition coefficient (Wildman–Crippen LogP) is 1.45. The lowest BCUT2D eigenvalue weighted by atomic mass is 10.1. The van der Waals surface area contributed by atoms with Gasteiger partial charge in [0.05, 0.1) is 13.0 Å². The summed E-state index contributed by atoms with van der Waals surface area (Å²) in [6.07, 6.45) is 2.66. The van der Waals surface area contributed by atoms with Crippen molar-refractivity contribution < 1.29 is 9.53 Å². The van der Waals surface area contributed by atoms with Crippen molar-refractivity contribution in [1.82, 2.24) is 4.90 Å². The van der Waals surface area contributed by atoms with E-state index in [1.165, 1.54) is 0 Å². The maximum Gasteiger partial charge on any atom is 0.227 e. The molecule has 2 rings (SSSR count). The molecule has 0 spiro atoms. The molecule has 4 heteroatoms. The molecule has 1 aromatic rings. The molecule has 18 heavy (non-hydrogen) atoms. The van der Waals surface area contributed by atoms with E-state index in [1.54, 1.807) is 7.11 Å². The van der Waals surface area contributed by atoms with E-state index in [0.29, 0.717) is 31.3 Å². The smallest absolute Gasteiger partial charge is 0.227 e. The molecule has 0 saturated heterocycles. The zero-order chi connectivity index (χ0) is 13.0. The molecule has 1 aromatic carbocycles. The van der Waals surface area contributed by atoms with E-state index in [9.17, 15) is 4.79 Å². The van der Waals surface area contributed by atoms with E-state index in [0.717, 1.165) is 18.4 Å². The summed E-state index contributed by atoms with van der Waals surface area (Å²) in [6, 6.07) is 7.94. The van der Waals surface area contributed by atoms with Gasteiger partial charge in [-0.2, -0.15) is 0 Å². The number of carbonyl (C=O) groups is 1. The normalized spacial score (nSPS) is 14.5. The van der Waals surface area contributed by atoms with Crippen LogP contribution in [0.15, 0.2) is 24.3 Å². The number of amides is 1. The molecule has 1 aliphatic rings. The summed E-state index contributed by atoms with van der Waals surface area (Å²) in [5, 5.41) is 0. The summed E-state index contributed by atoms with van der Waals surface area (Å²) in [5.41, 5.74) is 7.40. The molecular formula is C14H20N2O2. The number of methoxy groups -OCH3 is 1. The average Bonchev–Trinajstić information content (AvgIpc) is 3.14. The number of nitrogens with two attached hydrogens (primary N) is 1. The maximum absolute atomic E-state index is 12.2. The van der Waals surface area contributed by atoms with Crippen LogP contribution < -0.4 is 5.73 Å². The van der Waals surface area contributed by atoms with Crippen LogP contribution in [0.3, 0.4) is 0 Å². The first-order chi connectivity index (χ1) is 8.70.